The van der Waals surface area contributed by atoms with Gasteiger partial charge in [0.15, 0.2) is 0 Å². The van der Waals surface area contributed by atoms with Gasteiger partial charge in [0.05, 0.1) is 0 Å². The van der Waals surface area contributed by atoms with Crippen molar-refractivity contribution >= 4 is 0 Å². The fourth-order valence-electron chi connectivity index (χ4n) is 1.34. The van der Waals surface area contributed by atoms with Gasteiger partial charge < -0.3 is 10.6 Å². The molecule has 0 spiro atoms. The van der Waals surface area contributed by atoms with Crippen molar-refractivity contribution in [1.82, 2.24) is 10.6 Å². The van der Waals surface area contributed by atoms with E-state index in [4.69, 9.17) is 0 Å². The first-order valence-corrected chi connectivity index (χ1v) is 4.24. The van der Waals surface area contributed by atoms with Crippen LogP contribution in [0, 0.1) is 5.92 Å². The molecule has 0 atom stereocenters. The predicted octanol–water partition coefficient (Wildman–Crippen LogP) is 0.348. The molecule has 0 bridgehead atoms. The first kappa shape index (κ1) is 6.62. The van der Waals surface area contributed by atoms with E-state index in [-0.39, 0.29) is 0 Å². The second-order valence-corrected chi connectivity index (χ2v) is 3.99. The molecule has 2 heteroatoms. The lowest BCUT2D eigenvalue weighted by atomic mass is 9.95. The van der Waals surface area contributed by atoms with Gasteiger partial charge in [-0.15, -0.1) is 0 Å². The molecular formula is C8H16N2. The Morgan fingerprint density at radius 2 is 2.20 bits per heavy atom. The van der Waals surface area contributed by atoms with Gasteiger partial charge in [-0.05, 0) is 32.2 Å². The van der Waals surface area contributed by atoms with Gasteiger partial charge in [-0.3, -0.25) is 0 Å². The van der Waals surface area contributed by atoms with Crippen molar-refractivity contribution in [2.45, 2.75) is 25.3 Å². The van der Waals surface area contributed by atoms with E-state index in [9.17, 15) is 0 Å². The van der Waals surface area contributed by atoms with Crippen molar-refractivity contribution in [1.29, 1.82) is 0 Å². The zero-order valence-corrected chi connectivity index (χ0v) is 6.61. The summed E-state index contributed by atoms with van der Waals surface area (Å²) < 4.78 is 0. The molecule has 2 rings (SSSR count). The van der Waals surface area contributed by atoms with E-state index in [1.807, 2.05) is 0 Å². The zero-order valence-electron chi connectivity index (χ0n) is 6.61. The van der Waals surface area contributed by atoms with Gasteiger partial charge in [0.2, 0.25) is 0 Å². The maximum Gasteiger partial charge on any atom is 0.0403 e. The summed E-state index contributed by atoms with van der Waals surface area (Å²) in [5.74, 6) is 1.01. The summed E-state index contributed by atoms with van der Waals surface area (Å²) in [7, 11) is 0. The Hall–Kier alpha value is -0.0800. The normalized spacial score (nSPS) is 29.7. The molecule has 2 fully saturated rings. The minimum absolute atomic E-state index is 0.433. The van der Waals surface area contributed by atoms with Gasteiger partial charge in [0.1, 0.15) is 0 Å². The monoisotopic (exact) mass is 140 g/mol. The Labute approximate surface area is 62.4 Å². The Morgan fingerprint density at radius 1 is 1.50 bits per heavy atom. The summed E-state index contributed by atoms with van der Waals surface area (Å²) >= 11 is 0. The van der Waals surface area contributed by atoms with Crippen molar-refractivity contribution in [3.8, 4) is 0 Å². The number of nitrogens with one attached hydrogen (secondary N) is 2. The standard InChI is InChI=1S/C8H16N2/c1-8(5-9-6-8)10-4-7-2-3-7/h7,9-10H,2-6H2,1H3. The topological polar surface area (TPSA) is 24.1 Å². The van der Waals surface area contributed by atoms with Crippen LogP contribution in [0.4, 0.5) is 0 Å². The third-order valence-electron chi connectivity index (χ3n) is 2.54. The van der Waals surface area contributed by atoms with E-state index < -0.39 is 0 Å². The van der Waals surface area contributed by atoms with Crippen molar-refractivity contribution < 1.29 is 0 Å². The van der Waals surface area contributed by atoms with Crippen LogP contribution >= 0.6 is 0 Å². The van der Waals surface area contributed by atoms with Gasteiger partial charge in [-0.2, -0.15) is 0 Å². The molecule has 2 nitrogen and oxygen atoms in total. The second kappa shape index (κ2) is 2.21. The Balaban J connectivity index is 1.67. The molecule has 0 aromatic heterocycles. The van der Waals surface area contributed by atoms with Gasteiger partial charge in [-0.25, -0.2) is 0 Å². The van der Waals surface area contributed by atoms with Crippen LogP contribution in [0.5, 0.6) is 0 Å². The van der Waals surface area contributed by atoms with Crippen LogP contribution in [0.15, 0.2) is 0 Å². The molecule has 1 aliphatic heterocycles. The van der Waals surface area contributed by atoms with Gasteiger partial charge >= 0.3 is 0 Å². The molecule has 1 saturated carbocycles. The van der Waals surface area contributed by atoms with E-state index >= 15 is 0 Å². The number of hydrogen-bond acceptors (Lipinski definition) is 2. The molecule has 2 N–H and O–H groups in total. The highest BCUT2D eigenvalue weighted by Crippen LogP contribution is 2.28. The van der Waals surface area contributed by atoms with E-state index in [2.05, 4.69) is 17.6 Å². The molecule has 0 aromatic carbocycles. The lowest BCUT2D eigenvalue weighted by Crippen LogP contribution is -2.66. The Bertz CT molecular complexity index is 125. The van der Waals surface area contributed by atoms with Crippen molar-refractivity contribution in [3.63, 3.8) is 0 Å². The summed E-state index contributed by atoms with van der Waals surface area (Å²) in [5.41, 5.74) is 0.433. The third-order valence-corrected chi connectivity index (χ3v) is 2.54. The summed E-state index contributed by atoms with van der Waals surface area (Å²) in [6, 6.07) is 0. The molecule has 1 heterocycles. The zero-order chi connectivity index (χ0) is 7.03. The van der Waals surface area contributed by atoms with Gasteiger partial charge in [-0.1, -0.05) is 0 Å². The maximum absolute atomic E-state index is 3.59. The fourth-order valence-corrected chi connectivity index (χ4v) is 1.34. The first-order valence-electron chi connectivity index (χ1n) is 4.24. The van der Waals surface area contributed by atoms with Crippen LogP contribution in [-0.2, 0) is 0 Å². The molecule has 0 aromatic rings. The molecule has 10 heavy (non-hydrogen) atoms. The predicted molar refractivity (Wildman–Crippen MR) is 42.0 cm³/mol. The van der Waals surface area contributed by atoms with Crippen LogP contribution in [0.3, 0.4) is 0 Å². The average molecular weight is 140 g/mol. The van der Waals surface area contributed by atoms with E-state index in [0.29, 0.717) is 5.54 Å². The minimum atomic E-state index is 0.433. The van der Waals surface area contributed by atoms with Crippen molar-refractivity contribution in [2.75, 3.05) is 19.6 Å². The number of hydrogen-bond donors (Lipinski definition) is 2. The highest BCUT2D eigenvalue weighted by Gasteiger charge is 2.32. The van der Waals surface area contributed by atoms with E-state index in [1.165, 1.54) is 19.4 Å². The summed E-state index contributed by atoms with van der Waals surface area (Å²) in [6.45, 7) is 5.85. The van der Waals surface area contributed by atoms with Crippen LogP contribution < -0.4 is 10.6 Å². The quantitative estimate of drug-likeness (QED) is 0.591. The molecule has 1 saturated heterocycles. The van der Waals surface area contributed by atoms with Crippen LogP contribution in [-0.4, -0.2) is 25.2 Å². The van der Waals surface area contributed by atoms with E-state index in [1.54, 1.807) is 0 Å². The Kier molecular flexibility index (Phi) is 1.46. The second-order valence-electron chi connectivity index (χ2n) is 3.99. The minimum Gasteiger partial charge on any atom is -0.313 e. The van der Waals surface area contributed by atoms with Gasteiger partial charge in [0, 0.05) is 18.6 Å². The van der Waals surface area contributed by atoms with Crippen molar-refractivity contribution in [2.24, 2.45) is 5.92 Å². The van der Waals surface area contributed by atoms with Crippen LogP contribution in [0.1, 0.15) is 19.8 Å². The largest absolute Gasteiger partial charge is 0.313 e. The van der Waals surface area contributed by atoms with Crippen LogP contribution in [0.25, 0.3) is 0 Å². The summed E-state index contributed by atoms with van der Waals surface area (Å²) in [5, 5.41) is 6.88. The molecular weight excluding hydrogens is 124 g/mol. The average Bonchev–Trinajstić information content (AvgIpc) is 2.61. The lowest BCUT2D eigenvalue weighted by Gasteiger charge is -2.40. The van der Waals surface area contributed by atoms with Crippen LogP contribution in [0.2, 0.25) is 0 Å². The third kappa shape index (κ3) is 1.32. The fraction of sp³-hybridized carbons (Fsp3) is 1.00. The highest BCUT2D eigenvalue weighted by molar-refractivity contribution is 4.97. The van der Waals surface area contributed by atoms with Crippen molar-refractivity contribution in [3.05, 3.63) is 0 Å². The smallest absolute Gasteiger partial charge is 0.0403 e. The molecule has 0 amide bonds. The lowest BCUT2D eigenvalue weighted by molar-refractivity contribution is 0.236. The Morgan fingerprint density at radius 3 is 2.60 bits per heavy atom. The maximum atomic E-state index is 3.59. The molecule has 58 valence electrons. The summed E-state index contributed by atoms with van der Waals surface area (Å²) in [6.07, 6.45) is 2.91. The summed E-state index contributed by atoms with van der Waals surface area (Å²) in [4.78, 5) is 0. The molecule has 0 radical (unpaired) electrons. The molecule has 2 aliphatic rings. The first-order chi connectivity index (χ1) is 4.79. The molecule has 1 aliphatic carbocycles. The number of rotatable bonds is 3. The van der Waals surface area contributed by atoms with E-state index in [0.717, 1.165) is 19.0 Å². The van der Waals surface area contributed by atoms with Gasteiger partial charge in [0.25, 0.3) is 0 Å². The highest BCUT2D eigenvalue weighted by atomic mass is 15.1. The SMILES string of the molecule is CC1(NCC2CC2)CNC1. The molecule has 0 unspecified atom stereocenters.